The Morgan fingerprint density at radius 3 is 2.57 bits per heavy atom. The molecule has 0 bridgehead atoms. The van der Waals surface area contributed by atoms with Gasteiger partial charge in [-0.05, 0) is 49.8 Å². The average molecular weight is 312 g/mol. The van der Waals surface area contributed by atoms with E-state index in [1.807, 2.05) is 6.07 Å². The van der Waals surface area contributed by atoms with E-state index >= 15 is 0 Å². The second-order valence-electron chi connectivity index (χ2n) is 7.88. The van der Waals surface area contributed by atoms with E-state index in [2.05, 4.69) is 56.9 Å². The molecule has 2 aromatic rings. The Morgan fingerprint density at radius 1 is 1.13 bits per heavy atom. The van der Waals surface area contributed by atoms with Gasteiger partial charge in [0.2, 0.25) is 0 Å². The molecular formula is C20H28N2O. The van der Waals surface area contributed by atoms with E-state index in [1.54, 1.807) is 0 Å². The van der Waals surface area contributed by atoms with Gasteiger partial charge in [0.25, 0.3) is 0 Å². The first-order valence-corrected chi connectivity index (χ1v) is 8.74. The molecule has 2 heterocycles. The minimum Gasteiger partial charge on any atom is -0.488 e. The van der Waals surface area contributed by atoms with Crippen LogP contribution in [-0.2, 0) is 0 Å². The Bertz CT molecular complexity index is 669. The highest BCUT2D eigenvalue weighted by Crippen LogP contribution is 2.30. The van der Waals surface area contributed by atoms with Crippen LogP contribution in [0.25, 0.3) is 10.9 Å². The van der Waals surface area contributed by atoms with E-state index in [0.29, 0.717) is 0 Å². The van der Waals surface area contributed by atoms with Gasteiger partial charge < -0.3 is 9.64 Å². The van der Waals surface area contributed by atoms with Crippen LogP contribution in [-0.4, -0.2) is 24.2 Å². The molecule has 1 aliphatic rings. The Kier molecular flexibility index (Phi) is 4.47. The highest BCUT2D eigenvalue weighted by Gasteiger charge is 2.18. The zero-order valence-electron chi connectivity index (χ0n) is 14.8. The number of anilines is 1. The molecule has 1 fully saturated rings. The molecule has 3 rings (SSSR count). The number of para-hydroxylation sites is 1. The van der Waals surface area contributed by atoms with E-state index in [-0.39, 0.29) is 11.5 Å². The zero-order chi connectivity index (χ0) is 16.4. The largest absolute Gasteiger partial charge is 0.488 e. The summed E-state index contributed by atoms with van der Waals surface area (Å²) in [5, 5.41) is 1.15. The lowest BCUT2D eigenvalue weighted by molar-refractivity contribution is 0.162. The molecule has 1 unspecified atom stereocenters. The maximum absolute atomic E-state index is 6.24. The van der Waals surface area contributed by atoms with Gasteiger partial charge in [-0.2, -0.15) is 0 Å². The lowest BCUT2D eigenvalue weighted by Crippen LogP contribution is -2.21. The molecule has 0 aliphatic carbocycles. The number of hydrogen-bond acceptors (Lipinski definition) is 3. The molecule has 1 aliphatic heterocycles. The maximum atomic E-state index is 6.24. The third-order valence-electron chi connectivity index (χ3n) is 4.33. The summed E-state index contributed by atoms with van der Waals surface area (Å²) >= 11 is 0. The molecule has 0 N–H and O–H groups in total. The van der Waals surface area contributed by atoms with Crippen molar-refractivity contribution < 1.29 is 4.74 Å². The van der Waals surface area contributed by atoms with E-state index in [1.165, 1.54) is 12.8 Å². The standard InChI is InChI=1S/C20H28N2O/c1-15(14-20(2,3)4)23-17-9-7-8-16-10-11-18(21-19(16)17)22-12-5-6-13-22/h7-11,15H,5-6,12-14H2,1-4H3. The highest BCUT2D eigenvalue weighted by atomic mass is 16.5. The van der Waals surface area contributed by atoms with E-state index < -0.39 is 0 Å². The summed E-state index contributed by atoms with van der Waals surface area (Å²) in [6.07, 6.45) is 3.73. The number of hydrogen-bond donors (Lipinski definition) is 0. The van der Waals surface area contributed by atoms with Gasteiger partial charge in [-0.15, -0.1) is 0 Å². The molecule has 0 amide bonds. The first-order valence-electron chi connectivity index (χ1n) is 8.74. The van der Waals surface area contributed by atoms with Gasteiger partial charge in [0.15, 0.2) is 0 Å². The van der Waals surface area contributed by atoms with Gasteiger partial charge in [0.1, 0.15) is 17.1 Å². The fourth-order valence-corrected chi connectivity index (χ4v) is 3.45. The highest BCUT2D eigenvalue weighted by molar-refractivity contribution is 5.86. The summed E-state index contributed by atoms with van der Waals surface area (Å²) in [4.78, 5) is 7.28. The summed E-state index contributed by atoms with van der Waals surface area (Å²) in [5.74, 6) is 1.98. The van der Waals surface area contributed by atoms with Crippen LogP contribution < -0.4 is 9.64 Å². The summed E-state index contributed by atoms with van der Waals surface area (Å²) in [5.41, 5.74) is 1.25. The van der Waals surface area contributed by atoms with Crippen LogP contribution in [0.1, 0.15) is 47.0 Å². The monoisotopic (exact) mass is 312 g/mol. The van der Waals surface area contributed by atoms with Crippen molar-refractivity contribution in [3.05, 3.63) is 30.3 Å². The summed E-state index contributed by atoms with van der Waals surface area (Å²) in [6, 6.07) is 10.5. The number of aromatic nitrogens is 1. The number of pyridine rings is 1. The smallest absolute Gasteiger partial charge is 0.146 e. The lowest BCUT2D eigenvalue weighted by atomic mass is 9.90. The van der Waals surface area contributed by atoms with Crippen molar-refractivity contribution in [2.24, 2.45) is 5.41 Å². The fourth-order valence-electron chi connectivity index (χ4n) is 3.45. The minimum atomic E-state index is 0.179. The van der Waals surface area contributed by atoms with Gasteiger partial charge >= 0.3 is 0 Å². The van der Waals surface area contributed by atoms with Crippen LogP contribution in [0, 0.1) is 5.41 Å². The molecule has 1 atom stereocenters. The van der Waals surface area contributed by atoms with E-state index in [4.69, 9.17) is 9.72 Å². The number of ether oxygens (including phenoxy) is 1. The number of fused-ring (bicyclic) bond motifs is 1. The predicted octanol–water partition coefficient (Wildman–Crippen LogP) is 5.04. The Hall–Kier alpha value is -1.77. The lowest BCUT2D eigenvalue weighted by Gasteiger charge is -2.24. The van der Waals surface area contributed by atoms with Crippen molar-refractivity contribution in [3.63, 3.8) is 0 Å². The molecule has 1 aromatic carbocycles. The first-order chi connectivity index (χ1) is 10.9. The van der Waals surface area contributed by atoms with Crippen molar-refractivity contribution in [1.29, 1.82) is 0 Å². The SMILES string of the molecule is CC(CC(C)(C)C)Oc1cccc2ccc(N3CCCC3)nc12. The van der Waals surface area contributed by atoms with Crippen LogP contribution in [0.4, 0.5) is 5.82 Å². The second kappa shape index (κ2) is 6.38. The molecule has 3 nitrogen and oxygen atoms in total. The van der Waals surface area contributed by atoms with Crippen molar-refractivity contribution in [2.75, 3.05) is 18.0 Å². The van der Waals surface area contributed by atoms with Gasteiger partial charge in [0, 0.05) is 18.5 Å². The zero-order valence-corrected chi connectivity index (χ0v) is 14.8. The first kappa shape index (κ1) is 16.1. The fraction of sp³-hybridized carbons (Fsp3) is 0.550. The van der Waals surface area contributed by atoms with Crippen LogP contribution in [0.5, 0.6) is 5.75 Å². The van der Waals surface area contributed by atoms with Crippen LogP contribution in [0.15, 0.2) is 30.3 Å². The topological polar surface area (TPSA) is 25.4 Å². The van der Waals surface area contributed by atoms with Gasteiger partial charge in [-0.3, -0.25) is 0 Å². The van der Waals surface area contributed by atoms with Crippen LogP contribution in [0.2, 0.25) is 0 Å². The van der Waals surface area contributed by atoms with Gasteiger partial charge in [-0.1, -0.05) is 32.9 Å². The van der Waals surface area contributed by atoms with Crippen LogP contribution >= 0.6 is 0 Å². The number of benzene rings is 1. The van der Waals surface area contributed by atoms with E-state index in [0.717, 1.165) is 42.0 Å². The average Bonchev–Trinajstić information content (AvgIpc) is 2.99. The van der Waals surface area contributed by atoms with Gasteiger partial charge in [0.05, 0.1) is 6.10 Å². The third kappa shape index (κ3) is 3.95. The molecule has 124 valence electrons. The second-order valence-corrected chi connectivity index (χ2v) is 7.88. The minimum absolute atomic E-state index is 0.179. The van der Waals surface area contributed by atoms with Crippen molar-refractivity contribution >= 4 is 16.7 Å². The Labute approximate surface area is 139 Å². The van der Waals surface area contributed by atoms with Gasteiger partial charge in [-0.25, -0.2) is 4.98 Å². The number of rotatable bonds is 4. The van der Waals surface area contributed by atoms with Crippen molar-refractivity contribution in [3.8, 4) is 5.75 Å². The summed E-state index contributed by atoms with van der Waals surface area (Å²) < 4.78 is 6.24. The summed E-state index contributed by atoms with van der Waals surface area (Å²) in [7, 11) is 0. The molecule has 3 heteroatoms. The third-order valence-corrected chi connectivity index (χ3v) is 4.33. The molecule has 0 saturated carbocycles. The van der Waals surface area contributed by atoms with E-state index in [9.17, 15) is 0 Å². The molecule has 1 saturated heterocycles. The summed E-state index contributed by atoms with van der Waals surface area (Å²) in [6.45, 7) is 11.1. The predicted molar refractivity (Wildman–Crippen MR) is 97.4 cm³/mol. The normalized spacial score (nSPS) is 16.8. The Balaban J connectivity index is 1.88. The maximum Gasteiger partial charge on any atom is 0.146 e. The molecular weight excluding hydrogens is 284 g/mol. The molecule has 23 heavy (non-hydrogen) atoms. The quantitative estimate of drug-likeness (QED) is 0.791. The molecule has 0 spiro atoms. The van der Waals surface area contributed by atoms with Crippen molar-refractivity contribution in [2.45, 2.75) is 53.1 Å². The molecule has 0 radical (unpaired) electrons. The van der Waals surface area contributed by atoms with Crippen molar-refractivity contribution in [1.82, 2.24) is 4.98 Å². The molecule has 1 aromatic heterocycles. The Morgan fingerprint density at radius 2 is 1.87 bits per heavy atom. The van der Waals surface area contributed by atoms with Crippen LogP contribution in [0.3, 0.4) is 0 Å². The number of nitrogens with zero attached hydrogens (tertiary/aromatic N) is 2.